The van der Waals surface area contributed by atoms with E-state index in [0.717, 1.165) is 5.56 Å². The standard InChI is InChI=1S/C17H17Cl2NO2/c1-3-16(22-14-6-4-5-12(18)9-14)17(21)20-13-8-7-11(2)15(19)10-13/h4-10,16H,3H2,1-2H3,(H,20,21). The van der Waals surface area contributed by atoms with E-state index in [1.54, 1.807) is 30.3 Å². The summed E-state index contributed by atoms with van der Waals surface area (Å²) < 4.78 is 5.70. The molecule has 0 fully saturated rings. The number of rotatable bonds is 5. The zero-order chi connectivity index (χ0) is 16.1. The number of hydrogen-bond acceptors (Lipinski definition) is 2. The van der Waals surface area contributed by atoms with Crippen LogP contribution in [0.4, 0.5) is 5.69 Å². The van der Waals surface area contributed by atoms with Crippen molar-refractivity contribution in [2.75, 3.05) is 5.32 Å². The van der Waals surface area contributed by atoms with Crippen LogP contribution in [-0.2, 0) is 4.79 Å². The van der Waals surface area contributed by atoms with Gasteiger partial charge in [0.2, 0.25) is 0 Å². The molecule has 0 radical (unpaired) electrons. The van der Waals surface area contributed by atoms with Gasteiger partial charge in [-0.2, -0.15) is 0 Å². The molecule has 22 heavy (non-hydrogen) atoms. The highest BCUT2D eigenvalue weighted by atomic mass is 35.5. The quantitative estimate of drug-likeness (QED) is 0.824. The average molecular weight is 338 g/mol. The summed E-state index contributed by atoms with van der Waals surface area (Å²) in [7, 11) is 0. The van der Waals surface area contributed by atoms with Crippen molar-refractivity contribution >= 4 is 34.8 Å². The Hall–Kier alpha value is -1.71. The molecule has 1 unspecified atom stereocenters. The average Bonchev–Trinajstić information content (AvgIpc) is 2.48. The number of halogens is 2. The van der Waals surface area contributed by atoms with Crippen LogP contribution in [0.3, 0.4) is 0 Å². The Morgan fingerprint density at radius 2 is 2.00 bits per heavy atom. The van der Waals surface area contributed by atoms with Gasteiger partial charge in [-0.3, -0.25) is 4.79 Å². The number of nitrogens with one attached hydrogen (secondary N) is 1. The lowest BCUT2D eigenvalue weighted by Crippen LogP contribution is -2.32. The number of amides is 1. The summed E-state index contributed by atoms with van der Waals surface area (Å²) in [5, 5.41) is 3.99. The van der Waals surface area contributed by atoms with Crippen molar-refractivity contribution in [1.82, 2.24) is 0 Å². The van der Waals surface area contributed by atoms with Crippen LogP contribution in [-0.4, -0.2) is 12.0 Å². The zero-order valence-electron chi connectivity index (χ0n) is 12.4. The molecule has 3 nitrogen and oxygen atoms in total. The SMILES string of the molecule is CCC(Oc1cccc(Cl)c1)C(=O)Nc1ccc(C)c(Cl)c1. The van der Waals surface area contributed by atoms with Crippen molar-refractivity contribution in [3.63, 3.8) is 0 Å². The third-order valence-corrected chi connectivity index (χ3v) is 3.82. The first-order valence-corrected chi connectivity index (χ1v) is 7.74. The normalized spacial score (nSPS) is 11.8. The molecule has 1 amide bonds. The number of carbonyl (C=O) groups is 1. The fraction of sp³-hybridized carbons (Fsp3) is 0.235. The molecule has 0 saturated heterocycles. The predicted octanol–water partition coefficient (Wildman–Crippen LogP) is 5.10. The van der Waals surface area contributed by atoms with Gasteiger partial charge in [-0.15, -0.1) is 0 Å². The van der Waals surface area contributed by atoms with E-state index in [4.69, 9.17) is 27.9 Å². The Bertz CT molecular complexity index is 673. The zero-order valence-corrected chi connectivity index (χ0v) is 13.9. The lowest BCUT2D eigenvalue weighted by Gasteiger charge is -2.17. The van der Waals surface area contributed by atoms with Gasteiger partial charge in [0.25, 0.3) is 5.91 Å². The van der Waals surface area contributed by atoms with Crippen LogP contribution < -0.4 is 10.1 Å². The van der Waals surface area contributed by atoms with Gasteiger partial charge in [-0.1, -0.05) is 42.3 Å². The summed E-state index contributed by atoms with van der Waals surface area (Å²) in [5.41, 5.74) is 1.61. The van der Waals surface area contributed by atoms with Gasteiger partial charge >= 0.3 is 0 Å². The predicted molar refractivity (Wildman–Crippen MR) is 91.0 cm³/mol. The summed E-state index contributed by atoms with van der Waals surface area (Å²) >= 11 is 12.0. The van der Waals surface area contributed by atoms with E-state index in [1.807, 2.05) is 26.0 Å². The molecule has 0 heterocycles. The molecule has 5 heteroatoms. The minimum Gasteiger partial charge on any atom is -0.481 e. The molecule has 1 atom stereocenters. The Balaban J connectivity index is 2.06. The van der Waals surface area contributed by atoms with E-state index < -0.39 is 6.10 Å². The minimum atomic E-state index is -0.599. The second-order valence-electron chi connectivity index (χ2n) is 4.93. The highest BCUT2D eigenvalue weighted by Gasteiger charge is 2.18. The molecular weight excluding hydrogens is 321 g/mol. The molecule has 0 aliphatic carbocycles. The van der Waals surface area contributed by atoms with Gasteiger partial charge in [-0.25, -0.2) is 0 Å². The van der Waals surface area contributed by atoms with Gasteiger partial charge < -0.3 is 10.1 Å². The number of ether oxygens (including phenoxy) is 1. The van der Waals surface area contributed by atoms with Crippen LogP contribution in [0.2, 0.25) is 10.0 Å². The van der Waals surface area contributed by atoms with Gasteiger partial charge in [0.15, 0.2) is 6.10 Å². The molecule has 2 aromatic rings. The van der Waals surface area contributed by atoms with Crippen molar-refractivity contribution in [3.8, 4) is 5.75 Å². The van der Waals surface area contributed by atoms with Gasteiger partial charge in [0.05, 0.1) is 0 Å². The molecule has 0 aromatic heterocycles. The summed E-state index contributed by atoms with van der Waals surface area (Å²) in [6, 6.07) is 12.4. The van der Waals surface area contributed by atoms with E-state index in [1.165, 1.54) is 0 Å². The van der Waals surface area contributed by atoms with E-state index in [-0.39, 0.29) is 5.91 Å². The fourth-order valence-electron chi connectivity index (χ4n) is 1.92. The van der Waals surface area contributed by atoms with Crippen LogP contribution >= 0.6 is 23.2 Å². The van der Waals surface area contributed by atoms with Gasteiger partial charge in [-0.05, 0) is 49.2 Å². The third-order valence-electron chi connectivity index (χ3n) is 3.18. The minimum absolute atomic E-state index is 0.220. The van der Waals surface area contributed by atoms with E-state index in [9.17, 15) is 4.79 Å². The summed E-state index contributed by atoms with van der Waals surface area (Å²) in [5.74, 6) is 0.346. The largest absolute Gasteiger partial charge is 0.481 e. The lowest BCUT2D eigenvalue weighted by atomic mass is 10.2. The molecule has 0 bridgehead atoms. The topological polar surface area (TPSA) is 38.3 Å². The maximum absolute atomic E-state index is 12.3. The Labute approximate surface area is 140 Å². The van der Waals surface area contributed by atoms with E-state index in [2.05, 4.69) is 5.32 Å². The van der Waals surface area contributed by atoms with Crippen molar-refractivity contribution in [3.05, 3.63) is 58.1 Å². The van der Waals surface area contributed by atoms with Crippen molar-refractivity contribution in [1.29, 1.82) is 0 Å². The molecular formula is C17H17Cl2NO2. The van der Waals surface area contributed by atoms with Crippen LogP contribution in [0.1, 0.15) is 18.9 Å². The first-order valence-electron chi connectivity index (χ1n) is 6.99. The summed E-state index contributed by atoms with van der Waals surface area (Å²) in [6.45, 7) is 3.79. The fourth-order valence-corrected chi connectivity index (χ4v) is 2.28. The monoisotopic (exact) mass is 337 g/mol. The summed E-state index contributed by atoms with van der Waals surface area (Å²) in [4.78, 5) is 12.3. The van der Waals surface area contributed by atoms with Crippen LogP contribution in [0.5, 0.6) is 5.75 Å². The highest BCUT2D eigenvalue weighted by Crippen LogP contribution is 2.22. The number of hydrogen-bond donors (Lipinski definition) is 1. The Morgan fingerprint density at radius 1 is 1.23 bits per heavy atom. The number of benzene rings is 2. The maximum atomic E-state index is 12.3. The maximum Gasteiger partial charge on any atom is 0.265 e. The lowest BCUT2D eigenvalue weighted by molar-refractivity contribution is -0.122. The van der Waals surface area contributed by atoms with Crippen LogP contribution in [0.15, 0.2) is 42.5 Å². The van der Waals surface area contributed by atoms with Gasteiger partial charge in [0.1, 0.15) is 5.75 Å². The molecule has 0 saturated carbocycles. The van der Waals surface area contributed by atoms with E-state index >= 15 is 0 Å². The molecule has 0 spiro atoms. The number of aryl methyl sites for hydroxylation is 1. The molecule has 0 aliphatic rings. The second-order valence-corrected chi connectivity index (χ2v) is 5.77. The number of anilines is 1. The molecule has 1 N–H and O–H groups in total. The van der Waals surface area contributed by atoms with Crippen molar-refractivity contribution in [2.45, 2.75) is 26.4 Å². The third kappa shape index (κ3) is 4.39. The Kier molecular flexibility index (Phi) is 5.69. The smallest absolute Gasteiger partial charge is 0.265 e. The summed E-state index contributed by atoms with van der Waals surface area (Å²) in [6.07, 6.45) is -0.0589. The highest BCUT2D eigenvalue weighted by molar-refractivity contribution is 6.31. The number of carbonyl (C=O) groups excluding carboxylic acids is 1. The van der Waals surface area contributed by atoms with Crippen molar-refractivity contribution in [2.24, 2.45) is 0 Å². The first-order chi connectivity index (χ1) is 10.5. The molecule has 0 aliphatic heterocycles. The van der Waals surface area contributed by atoms with Crippen LogP contribution in [0, 0.1) is 6.92 Å². The molecule has 2 aromatic carbocycles. The van der Waals surface area contributed by atoms with Gasteiger partial charge in [0, 0.05) is 15.7 Å². The Morgan fingerprint density at radius 3 is 2.64 bits per heavy atom. The van der Waals surface area contributed by atoms with Crippen molar-refractivity contribution < 1.29 is 9.53 Å². The first kappa shape index (κ1) is 16.7. The second kappa shape index (κ2) is 7.52. The van der Waals surface area contributed by atoms with E-state index in [0.29, 0.717) is 27.9 Å². The molecule has 2 rings (SSSR count). The molecule has 116 valence electrons. The van der Waals surface area contributed by atoms with Crippen LogP contribution in [0.25, 0.3) is 0 Å².